The highest BCUT2D eigenvalue weighted by molar-refractivity contribution is 14.0. The van der Waals surface area contributed by atoms with Gasteiger partial charge in [-0.1, -0.05) is 6.92 Å². The molecule has 2 fully saturated rings. The van der Waals surface area contributed by atoms with E-state index in [0.717, 1.165) is 51.5 Å². The van der Waals surface area contributed by atoms with Gasteiger partial charge in [-0.05, 0) is 51.6 Å². The molecule has 0 aromatic carbocycles. The van der Waals surface area contributed by atoms with E-state index < -0.39 is 0 Å². The number of halogens is 1. The number of aliphatic imine (C=N–C) groups is 1. The van der Waals surface area contributed by atoms with Crippen molar-refractivity contribution < 1.29 is 4.79 Å². The third-order valence-corrected chi connectivity index (χ3v) is 5.00. The number of nitrogens with two attached hydrogens (primary N) is 1. The number of carbonyl (C=O) groups is 1. The van der Waals surface area contributed by atoms with Crippen LogP contribution in [0.25, 0.3) is 0 Å². The zero-order valence-electron chi connectivity index (χ0n) is 15.2. The molecule has 2 unspecified atom stereocenters. The Morgan fingerprint density at radius 1 is 1.25 bits per heavy atom. The molecule has 0 saturated carbocycles. The van der Waals surface area contributed by atoms with Crippen molar-refractivity contribution in [1.82, 2.24) is 15.1 Å². The Labute approximate surface area is 163 Å². The smallest absolute Gasteiger partial charge is 0.217 e. The van der Waals surface area contributed by atoms with E-state index in [9.17, 15) is 4.79 Å². The molecule has 2 saturated heterocycles. The van der Waals surface area contributed by atoms with E-state index in [4.69, 9.17) is 10.7 Å². The second-order valence-electron chi connectivity index (χ2n) is 6.74. The Balaban J connectivity index is 0.00000288. The van der Waals surface area contributed by atoms with Gasteiger partial charge in [0.15, 0.2) is 5.96 Å². The number of carbonyl (C=O) groups excluding carboxylic acids is 1. The van der Waals surface area contributed by atoms with E-state index in [1.807, 2.05) is 0 Å². The van der Waals surface area contributed by atoms with Crippen molar-refractivity contribution in [3.8, 4) is 0 Å². The summed E-state index contributed by atoms with van der Waals surface area (Å²) in [5.41, 5.74) is 5.37. The third kappa shape index (κ3) is 6.38. The Morgan fingerprint density at radius 3 is 2.67 bits per heavy atom. The monoisotopic (exact) mass is 451 g/mol. The number of nitrogens with zero attached hydrogens (tertiary/aromatic N) is 3. The van der Waals surface area contributed by atoms with Gasteiger partial charge in [-0.25, -0.2) is 0 Å². The van der Waals surface area contributed by atoms with Crippen LogP contribution in [0.1, 0.15) is 46.0 Å². The van der Waals surface area contributed by atoms with Crippen LogP contribution in [0.15, 0.2) is 4.99 Å². The first kappa shape index (κ1) is 21.5. The lowest BCUT2D eigenvalue weighted by atomic mass is 9.95. The summed E-state index contributed by atoms with van der Waals surface area (Å²) in [6.07, 6.45) is 5.22. The number of hydrogen-bond acceptors (Lipinski definition) is 3. The summed E-state index contributed by atoms with van der Waals surface area (Å²) >= 11 is 0. The molecule has 0 aromatic rings. The molecule has 2 aliphatic rings. The van der Waals surface area contributed by atoms with Crippen LogP contribution in [0.2, 0.25) is 0 Å². The minimum atomic E-state index is -0.191. The zero-order chi connectivity index (χ0) is 16.7. The molecule has 0 bridgehead atoms. The van der Waals surface area contributed by atoms with Crippen LogP contribution in [-0.4, -0.2) is 67.0 Å². The summed E-state index contributed by atoms with van der Waals surface area (Å²) in [7, 11) is 0. The first-order chi connectivity index (χ1) is 11.1. The van der Waals surface area contributed by atoms with E-state index >= 15 is 0 Å². The van der Waals surface area contributed by atoms with E-state index in [1.165, 1.54) is 19.4 Å². The Kier molecular flexibility index (Phi) is 9.95. The van der Waals surface area contributed by atoms with E-state index in [0.29, 0.717) is 18.4 Å². The molecular weight excluding hydrogens is 417 g/mol. The molecule has 0 aromatic heterocycles. The maximum Gasteiger partial charge on any atom is 0.217 e. The standard InChI is InChI=1S/C17H33N5O.HI/c1-3-19-17(20-12-15-8-6-9-21(15)4-2)22-10-5-7-14(13-22)11-16(18)23;/h14-15H,3-13H2,1-2H3,(H2,18,23)(H,19,20);1H. The second-order valence-corrected chi connectivity index (χ2v) is 6.74. The van der Waals surface area contributed by atoms with Crippen molar-refractivity contribution in [2.24, 2.45) is 16.6 Å². The minimum absolute atomic E-state index is 0. The molecule has 2 aliphatic heterocycles. The van der Waals surface area contributed by atoms with Gasteiger partial charge >= 0.3 is 0 Å². The topological polar surface area (TPSA) is 74.0 Å². The van der Waals surface area contributed by atoms with Crippen LogP contribution in [0.5, 0.6) is 0 Å². The molecule has 2 rings (SSSR count). The molecule has 0 radical (unpaired) electrons. The van der Waals surface area contributed by atoms with E-state index in [1.54, 1.807) is 0 Å². The summed E-state index contributed by atoms with van der Waals surface area (Å²) in [6.45, 7) is 10.3. The fourth-order valence-corrected chi connectivity index (χ4v) is 3.84. The van der Waals surface area contributed by atoms with Crippen LogP contribution >= 0.6 is 24.0 Å². The van der Waals surface area contributed by atoms with Gasteiger partial charge in [0.2, 0.25) is 5.91 Å². The molecule has 1 amide bonds. The van der Waals surface area contributed by atoms with Gasteiger partial charge in [0, 0.05) is 32.1 Å². The normalized spacial score (nSPS) is 25.4. The van der Waals surface area contributed by atoms with Crippen molar-refractivity contribution in [1.29, 1.82) is 0 Å². The van der Waals surface area contributed by atoms with Gasteiger partial charge in [-0.2, -0.15) is 0 Å². The number of hydrogen-bond donors (Lipinski definition) is 2. The maximum absolute atomic E-state index is 11.2. The fraction of sp³-hybridized carbons (Fsp3) is 0.882. The summed E-state index contributed by atoms with van der Waals surface area (Å²) in [6, 6.07) is 0.583. The lowest BCUT2D eigenvalue weighted by Crippen LogP contribution is -2.47. The van der Waals surface area contributed by atoms with Crippen LogP contribution in [0, 0.1) is 5.92 Å². The molecule has 140 valence electrons. The Morgan fingerprint density at radius 2 is 2.00 bits per heavy atom. The number of piperidine rings is 1. The number of likely N-dealkylation sites (tertiary alicyclic amines) is 2. The summed E-state index contributed by atoms with van der Waals surface area (Å²) in [5, 5.41) is 3.42. The average Bonchev–Trinajstić information content (AvgIpc) is 2.98. The largest absolute Gasteiger partial charge is 0.370 e. The van der Waals surface area contributed by atoms with Crippen LogP contribution in [0.4, 0.5) is 0 Å². The van der Waals surface area contributed by atoms with Gasteiger partial charge in [0.25, 0.3) is 0 Å². The number of guanidine groups is 1. The van der Waals surface area contributed by atoms with Crippen molar-refractivity contribution in [3.63, 3.8) is 0 Å². The SMILES string of the molecule is CCNC(=NCC1CCCN1CC)N1CCCC(CC(N)=O)C1.I. The fourth-order valence-electron chi connectivity index (χ4n) is 3.84. The predicted octanol–water partition coefficient (Wildman–Crippen LogP) is 1.64. The number of nitrogens with one attached hydrogen (secondary N) is 1. The second kappa shape index (κ2) is 11.1. The van der Waals surface area contributed by atoms with Crippen LogP contribution < -0.4 is 11.1 Å². The van der Waals surface area contributed by atoms with Crippen LogP contribution in [0.3, 0.4) is 0 Å². The number of amides is 1. The third-order valence-electron chi connectivity index (χ3n) is 5.00. The van der Waals surface area contributed by atoms with Crippen molar-refractivity contribution in [3.05, 3.63) is 0 Å². The Hall–Kier alpha value is -0.570. The number of likely N-dealkylation sites (N-methyl/N-ethyl adjacent to an activating group) is 1. The lowest BCUT2D eigenvalue weighted by Gasteiger charge is -2.35. The summed E-state index contributed by atoms with van der Waals surface area (Å²) < 4.78 is 0. The van der Waals surface area contributed by atoms with Gasteiger partial charge in [-0.15, -0.1) is 24.0 Å². The zero-order valence-corrected chi connectivity index (χ0v) is 17.5. The van der Waals surface area contributed by atoms with Crippen molar-refractivity contribution in [2.45, 2.75) is 52.0 Å². The quantitative estimate of drug-likeness (QED) is 0.366. The molecule has 24 heavy (non-hydrogen) atoms. The molecule has 7 heteroatoms. The molecule has 6 nitrogen and oxygen atoms in total. The first-order valence-electron chi connectivity index (χ1n) is 9.19. The molecule has 0 spiro atoms. The molecule has 3 N–H and O–H groups in total. The highest BCUT2D eigenvalue weighted by atomic mass is 127. The van der Waals surface area contributed by atoms with Crippen LogP contribution in [-0.2, 0) is 4.79 Å². The highest BCUT2D eigenvalue weighted by Crippen LogP contribution is 2.20. The Bertz CT molecular complexity index is 418. The predicted molar refractivity (Wildman–Crippen MR) is 110 cm³/mol. The maximum atomic E-state index is 11.2. The average molecular weight is 451 g/mol. The van der Waals surface area contributed by atoms with Gasteiger partial charge < -0.3 is 16.0 Å². The van der Waals surface area contributed by atoms with Crippen molar-refractivity contribution in [2.75, 3.05) is 39.3 Å². The number of rotatable bonds is 6. The summed E-state index contributed by atoms with van der Waals surface area (Å²) in [5.74, 6) is 1.18. The van der Waals surface area contributed by atoms with E-state index in [-0.39, 0.29) is 29.9 Å². The molecular formula is C17H34IN5O. The van der Waals surface area contributed by atoms with Gasteiger partial charge in [0.1, 0.15) is 0 Å². The van der Waals surface area contributed by atoms with Gasteiger partial charge in [-0.3, -0.25) is 14.7 Å². The van der Waals surface area contributed by atoms with E-state index in [2.05, 4.69) is 29.0 Å². The minimum Gasteiger partial charge on any atom is -0.370 e. The molecule has 0 aliphatic carbocycles. The molecule has 2 heterocycles. The highest BCUT2D eigenvalue weighted by Gasteiger charge is 2.25. The lowest BCUT2D eigenvalue weighted by molar-refractivity contribution is -0.119. The van der Waals surface area contributed by atoms with Gasteiger partial charge in [0.05, 0.1) is 6.54 Å². The summed E-state index contributed by atoms with van der Waals surface area (Å²) in [4.78, 5) is 20.9. The van der Waals surface area contributed by atoms with Crippen molar-refractivity contribution >= 4 is 35.8 Å². The first-order valence-corrected chi connectivity index (χ1v) is 9.19. The number of primary amides is 1. The molecule has 2 atom stereocenters.